The maximum absolute atomic E-state index is 11.6. The summed E-state index contributed by atoms with van der Waals surface area (Å²) in [6, 6.07) is 2.04. The number of amides is 1. The van der Waals surface area contributed by atoms with Crippen molar-refractivity contribution in [3.63, 3.8) is 0 Å². The molecule has 1 N–H and O–H groups in total. The van der Waals surface area contributed by atoms with Gasteiger partial charge in [-0.15, -0.1) is 11.3 Å². The molecule has 0 saturated heterocycles. The standard InChI is InChI=1S/C13H16N2OS/c1-3-9-7-12(15-13(16)10-5-6-10)17-11(9)8-14-4-2/h4,7-8,10H,2-3,5-6H2,1H3,(H,15,16). The van der Waals surface area contributed by atoms with Crippen molar-refractivity contribution in [1.82, 2.24) is 0 Å². The number of nitrogens with zero attached hydrogens (tertiary/aromatic N) is 1. The molecule has 1 aromatic heterocycles. The van der Waals surface area contributed by atoms with Gasteiger partial charge in [-0.05, 0) is 30.9 Å². The first-order chi connectivity index (χ1) is 8.24. The van der Waals surface area contributed by atoms with Crippen LogP contribution < -0.4 is 5.32 Å². The molecule has 0 spiro atoms. The van der Waals surface area contributed by atoms with E-state index in [1.54, 1.807) is 17.6 Å². The van der Waals surface area contributed by atoms with Gasteiger partial charge in [0.2, 0.25) is 5.91 Å². The normalized spacial score (nSPS) is 15.1. The average molecular weight is 248 g/mol. The molecule has 2 rings (SSSR count). The highest BCUT2D eigenvalue weighted by atomic mass is 32.1. The second kappa shape index (κ2) is 5.27. The number of rotatable bonds is 5. The molecule has 1 heterocycles. The third kappa shape index (κ3) is 3.03. The summed E-state index contributed by atoms with van der Waals surface area (Å²) in [5, 5.41) is 3.89. The number of aliphatic imine (C=N–C) groups is 1. The molecule has 0 radical (unpaired) electrons. The number of carbonyl (C=O) groups excluding carboxylic acids is 1. The van der Waals surface area contributed by atoms with Gasteiger partial charge in [0.15, 0.2) is 0 Å². The zero-order valence-corrected chi connectivity index (χ0v) is 10.7. The fraction of sp³-hybridized carbons (Fsp3) is 0.385. The SMILES string of the molecule is C=CN=Cc1sc(NC(=O)C2CC2)cc1CC. The van der Waals surface area contributed by atoms with Crippen molar-refractivity contribution in [1.29, 1.82) is 0 Å². The van der Waals surface area contributed by atoms with Crippen LogP contribution in [0.4, 0.5) is 5.00 Å². The van der Waals surface area contributed by atoms with Crippen molar-refractivity contribution in [3.05, 3.63) is 29.3 Å². The lowest BCUT2D eigenvalue weighted by Gasteiger charge is -1.98. The molecule has 1 aromatic rings. The molecule has 0 aromatic carbocycles. The van der Waals surface area contributed by atoms with Crippen molar-refractivity contribution in [2.75, 3.05) is 5.32 Å². The van der Waals surface area contributed by atoms with E-state index in [9.17, 15) is 4.79 Å². The van der Waals surface area contributed by atoms with Crippen molar-refractivity contribution in [3.8, 4) is 0 Å². The summed E-state index contributed by atoms with van der Waals surface area (Å²) in [4.78, 5) is 16.8. The van der Waals surface area contributed by atoms with Gasteiger partial charge in [-0.25, -0.2) is 0 Å². The van der Waals surface area contributed by atoms with Crippen LogP contribution in [0.1, 0.15) is 30.2 Å². The van der Waals surface area contributed by atoms with Gasteiger partial charge in [0.1, 0.15) is 0 Å². The molecule has 1 aliphatic rings. The van der Waals surface area contributed by atoms with Crippen LogP contribution in [-0.2, 0) is 11.2 Å². The van der Waals surface area contributed by atoms with Crippen LogP contribution >= 0.6 is 11.3 Å². The minimum atomic E-state index is 0.154. The van der Waals surface area contributed by atoms with E-state index in [-0.39, 0.29) is 11.8 Å². The Morgan fingerprint density at radius 1 is 1.71 bits per heavy atom. The predicted octanol–water partition coefficient (Wildman–Crippen LogP) is 3.22. The fourth-order valence-electron chi connectivity index (χ4n) is 1.58. The van der Waals surface area contributed by atoms with Gasteiger partial charge in [0.05, 0.1) is 9.88 Å². The summed E-state index contributed by atoms with van der Waals surface area (Å²) in [5.74, 6) is 0.397. The maximum atomic E-state index is 11.6. The van der Waals surface area contributed by atoms with Crippen LogP contribution in [0.5, 0.6) is 0 Å². The van der Waals surface area contributed by atoms with Crippen LogP contribution in [0.15, 0.2) is 23.8 Å². The minimum absolute atomic E-state index is 0.154. The Labute approximate surface area is 105 Å². The Hall–Kier alpha value is -1.42. The first-order valence-corrected chi connectivity index (χ1v) is 6.64. The Morgan fingerprint density at radius 3 is 3.06 bits per heavy atom. The van der Waals surface area contributed by atoms with Gasteiger partial charge in [0.25, 0.3) is 0 Å². The van der Waals surface area contributed by atoms with Crippen LogP contribution in [0.3, 0.4) is 0 Å². The molecule has 1 aliphatic carbocycles. The second-order valence-corrected chi connectivity index (χ2v) is 5.16. The van der Waals surface area contributed by atoms with E-state index >= 15 is 0 Å². The quantitative estimate of drug-likeness (QED) is 0.799. The van der Waals surface area contributed by atoms with E-state index in [0.29, 0.717) is 0 Å². The van der Waals surface area contributed by atoms with E-state index < -0.39 is 0 Å². The molecule has 0 bridgehead atoms. The largest absolute Gasteiger partial charge is 0.317 e. The lowest BCUT2D eigenvalue weighted by molar-refractivity contribution is -0.117. The summed E-state index contributed by atoms with van der Waals surface area (Å²) in [6.45, 7) is 5.65. The molecule has 0 aliphatic heterocycles. The lowest BCUT2D eigenvalue weighted by Crippen LogP contribution is -2.11. The minimum Gasteiger partial charge on any atom is -0.317 e. The number of hydrogen-bond acceptors (Lipinski definition) is 3. The molecule has 1 fully saturated rings. The van der Waals surface area contributed by atoms with E-state index in [1.807, 2.05) is 6.07 Å². The van der Waals surface area contributed by atoms with Crippen molar-refractivity contribution in [2.45, 2.75) is 26.2 Å². The van der Waals surface area contributed by atoms with Crippen molar-refractivity contribution >= 4 is 28.5 Å². The highest BCUT2D eigenvalue weighted by molar-refractivity contribution is 7.18. The van der Waals surface area contributed by atoms with Crippen LogP contribution in [0, 0.1) is 5.92 Å². The molecule has 0 unspecified atom stereocenters. The van der Waals surface area contributed by atoms with Crippen LogP contribution in [-0.4, -0.2) is 12.1 Å². The van der Waals surface area contributed by atoms with Gasteiger partial charge in [0, 0.05) is 18.3 Å². The van der Waals surface area contributed by atoms with Crippen LogP contribution in [0.25, 0.3) is 0 Å². The first-order valence-electron chi connectivity index (χ1n) is 5.82. The topological polar surface area (TPSA) is 41.5 Å². The molecule has 17 heavy (non-hydrogen) atoms. The number of thiophene rings is 1. The Balaban J connectivity index is 2.11. The highest BCUT2D eigenvalue weighted by Gasteiger charge is 2.29. The van der Waals surface area contributed by atoms with Crippen molar-refractivity contribution < 1.29 is 4.79 Å². The summed E-state index contributed by atoms with van der Waals surface area (Å²) >= 11 is 1.57. The second-order valence-electron chi connectivity index (χ2n) is 4.08. The van der Waals surface area contributed by atoms with Gasteiger partial charge in [-0.3, -0.25) is 9.79 Å². The van der Waals surface area contributed by atoms with E-state index in [1.165, 1.54) is 11.8 Å². The average Bonchev–Trinajstić information content (AvgIpc) is 3.10. The Kier molecular flexibility index (Phi) is 3.74. The zero-order valence-electron chi connectivity index (χ0n) is 9.90. The molecule has 3 nitrogen and oxygen atoms in total. The fourth-order valence-corrected chi connectivity index (χ4v) is 2.62. The van der Waals surface area contributed by atoms with Gasteiger partial charge >= 0.3 is 0 Å². The van der Waals surface area contributed by atoms with Crippen molar-refractivity contribution in [2.24, 2.45) is 10.9 Å². The predicted molar refractivity (Wildman–Crippen MR) is 72.8 cm³/mol. The van der Waals surface area contributed by atoms with E-state index in [4.69, 9.17) is 0 Å². The molecule has 90 valence electrons. The summed E-state index contributed by atoms with van der Waals surface area (Å²) in [6.07, 6.45) is 6.31. The lowest BCUT2D eigenvalue weighted by atomic mass is 10.2. The molecular weight excluding hydrogens is 232 g/mol. The third-order valence-electron chi connectivity index (χ3n) is 2.71. The summed E-state index contributed by atoms with van der Waals surface area (Å²) in [5.41, 5.74) is 1.21. The van der Waals surface area contributed by atoms with Gasteiger partial charge in [-0.1, -0.05) is 13.5 Å². The Bertz CT molecular complexity index is 458. The molecule has 1 amide bonds. The number of anilines is 1. The van der Waals surface area contributed by atoms with Gasteiger partial charge in [-0.2, -0.15) is 0 Å². The molecule has 4 heteroatoms. The molecule has 0 atom stereocenters. The first kappa shape index (κ1) is 12.0. The van der Waals surface area contributed by atoms with E-state index in [2.05, 4.69) is 23.8 Å². The Morgan fingerprint density at radius 2 is 2.47 bits per heavy atom. The zero-order chi connectivity index (χ0) is 12.3. The number of carbonyl (C=O) groups is 1. The third-order valence-corrected chi connectivity index (χ3v) is 3.74. The number of hydrogen-bond donors (Lipinski definition) is 1. The van der Waals surface area contributed by atoms with Gasteiger partial charge < -0.3 is 5.32 Å². The summed E-state index contributed by atoms with van der Waals surface area (Å²) < 4.78 is 0. The number of aryl methyl sites for hydroxylation is 1. The summed E-state index contributed by atoms with van der Waals surface area (Å²) in [7, 11) is 0. The molecular formula is C13H16N2OS. The molecule has 1 saturated carbocycles. The van der Waals surface area contributed by atoms with Crippen LogP contribution in [0.2, 0.25) is 0 Å². The maximum Gasteiger partial charge on any atom is 0.228 e. The highest BCUT2D eigenvalue weighted by Crippen LogP contribution is 2.32. The van der Waals surface area contributed by atoms with E-state index in [0.717, 1.165) is 29.1 Å². The smallest absolute Gasteiger partial charge is 0.228 e. The monoisotopic (exact) mass is 248 g/mol. The number of nitrogens with one attached hydrogen (secondary N) is 1.